The summed E-state index contributed by atoms with van der Waals surface area (Å²) in [5, 5.41) is 3.49. The minimum absolute atomic E-state index is 0.172. The van der Waals surface area contributed by atoms with Crippen LogP contribution in [-0.2, 0) is 4.74 Å². The fourth-order valence-corrected chi connectivity index (χ4v) is 2.86. The van der Waals surface area contributed by atoms with Gasteiger partial charge in [0.05, 0.1) is 0 Å². The van der Waals surface area contributed by atoms with Gasteiger partial charge in [0, 0.05) is 12.6 Å². The van der Waals surface area contributed by atoms with Gasteiger partial charge in [0.25, 0.3) is 0 Å². The molecule has 0 aromatic carbocycles. The molecule has 0 aliphatic heterocycles. The van der Waals surface area contributed by atoms with E-state index in [1.54, 1.807) is 0 Å². The molecular formula is C14H26F3NO. The largest absolute Gasteiger partial charge is 0.411 e. The molecule has 1 aliphatic carbocycles. The molecule has 0 amide bonds. The van der Waals surface area contributed by atoms with Crippen molar-refractivity contribution in [1.82, 2.24) is 5.32 Å². The zero-order chi connectivity index (χ0) is 14.3. The molecule has 5 heteroatoms. The number of halogens is 3. The Morgan fingerprint density at radius 1 is 1.21 bits per heavy atom. The first kappa shape index (κ1) is 16.8. The van der Waals surface area contributed by atoms with Crippen LogP contribution in [0.4, 0.5) is 13.2 Å². The maximum Gasteiger partial charge on any atom is 0.411 e. The number of alkyl halides is 3. The van der Waals surface area contributed by atoms with Crippen LogP contribution in [0.2, 0.25) is 0 Å². The summed E-state index contributed by atoms with van der Waals surface area (Å²) < 4.78 is 40.2. The second kappa shape index (κ2) is 8.10. The first-order valence-electron chi connectivity index (χ1n) is 7.28. The van der Waals surface area contributed by atoms with Crippen molar-refractivity contribution in [2.45, 2.75) is 58.2 Å². The lowest BCUT2D eigenvalue weighted by Gasteiger charge is -2.35. The summed E-state index contributed by atoms with van der Waals surface area (Å²) >= 11 is 0. The average molecular weight is 281 g/mol. The number of nitrogens with one attached hydrogen (secondary N) is 1. The summed E-state index contributed by atoms with van der Waals surface area (Å²) in [7, 11) is 0. The van der Waals surface area contributed by atoms with E-state index in [1.165, 1.54) is 25.7 Å². The third-order valence-electron chi connectivity index (χ3n) is 3.81. The van der Waals surface area contributed by atoms with Crippen molar-refractivity contribution >= 4 is 0 Å². The Balaban J connectivity index is 2.10. The summed E-state index contributed by atoms with van der Waals surface area (Å²) in [4.78, 5) is 0. The fraction of sp³-hybridized carbons (Fsp3) is 1.00. The molecule has 0 spiro atoms. The Labute approximate surface area is 114 Å². The third-order valence-corrected chi connectivity index (χ3v) is 3.81. The van der Waals surface area contributed by atoms with Crippen molar-refractivity contribution in [3.63, 3.8) is 0 Å². The quantitative estimate of drug-likeness (QED) is 0.717. The normalized spacial score (nSPS) is 24.9. The molecule has 1 aliphatic rings. The van der Waals surface area contributed by atoms with E-state index in [4.69, 9.17) is 0 Å². The van der Waals surface area contributed by atoms with Gasteiger partial charge in [0.1, 0.15) is 6.61 Å². The molecule has 1 N–H and O–H groups in total. The predicted octanol–water partition coefficient (Wildman–Crippen LogP) is 3.76. The highest BCUT2D eigenvalue weighted by Crippen LogP contribution is 2.30. The van der Waals surface area contributed by atoms with Crippen LogP contribution in [0.25, 0.3) is 0 Å². The molecule has 0 aromatic rings. The second-order valence-electron chi connectivity index (χ2n) is 5.77. The molecule has 1 saturated carbocycles. The van der Waals surface area contributed by atoms with Gasteiger partial charge >= 0.3 is 6.18 Å². The first-order chi connectivity index (χ1) is 8.90. The SMILES string of the molecule is CC(C)C1CCCCC1NCCCOCC(F)(F)F. The van der Waals surface area contributed by atoms with E-state index >= 15 is 0 Å². The number of hydrogen-bond donors (Lipinski definition) is 1. The van der Waals surface area contributed by atoms with E-state index in [-0.39, 0.29) is 6.61 Å². The Kier molecular flexibility index (Phi) is 7.15. The Morgan fingerprint density at radius 2 is 1.89 bits per heavy atom. The van der Waals surface area contributed by atoms with Gasteiger partial charge in [-0.1, -0.05) is 26.7 Å². The topological polar surface area (TPSA) is 21.3 Å². The fourth-order valence-electron chi connectivity index (χ4n) is 2.86. The molecule has 2 unspecified atom stereocenters. The van der Waals surface area contributed by atoms with Crippen LogP contribution >= 0.6 is 0 Å². The standard InChI is InChI=1S/C14H26F3NO/c1-11(2)12-6-3-4-7-13(12)18-8-5-9-19-10-14(15,16)17/h11-13,18H,3-10H2,1-2H3. The maximum atomic E-state index is 11.9. The molecule has 0 heterocycles. The summed E-state index contributed by atoms with van der Waals surface area (Å²) in [5.41, 5.74) is 0. The van der Waals surface area contributed by atoms with E-state index in [2.05, 4.69) is 23.9 Å². The molecule has 19 heavy (non-hydrogen) atoms. The van der Waals surface area contributed by atoms with Gasteiger partial charge in [-0.15, -0.1) is 0 Å². The molecule has 0 bridgehead atoms. The maximum absolute atomic E-state index is 11.9. The Hall–Kier alpha value is -0.290. The van der Waals surface area contributed by atoms with E-state index in [9.17, 15) is 13.2 Å². The smallest absolute Gasteiger partial charge is 0.372 e. The highest BCUT2D eigenvalue weighted by molar-refractivity contribution is 4.82. The summed E-state index contributed by atoms with van der Waals surface area (Å²) in [5.74, 6) is 1.36. The van der Waals surface area contributed by atoms with Crippen LogP contribution in [0.1, 0.15) is 46.0 Å². The van der Waals surface area contributed by atoms with Crippen molar-refractivity contribution in [3.8, 4) is 0 Å². The third kappa shape index (κ3) is 7.16. The van der Waals surface area contributed by atoms with Gasteiger partial charge in [0.15, 0.2) is 0 Å². The van der Waals surface area contributed by atoms with Gasteiger partial charge in [-0.3, -0.25) is 0 Å². The monoisotopic (exact) mass is 281 g/mol. The molecule has 1 fully saturated rings. The summed E-state index contributed by atoms with van der Waals surface area (Å²) in [6.07, 6.45) is 1.43. The molecular weight excluding hydrogens is 255 g/mol. The Bertz CT molecular complexity index is 243. The van der Waals surface area contributed by atoms with Crippen LogP contribution in [0.3, 0.4) is 0 Å². The average Bonchev–Trinajstić information content (AvgIpc) is 2.32. The van der Waals surface area contributed by atoms with Gasteiger partial charge in [-0.25, -0.2) is 0 Å². The van der Waals surface area contributed by atoms with E-state index < -0.39 is 12.8 Å². The molecule has 0 saturated heterocycles. The molecule has 0 radical (unpaired) electrons. The molecule has 0 aromatic heterocycles. The van der Waals surface area contributed by atoms with Crippen molar-refractivity contribution in [3.05, 3.63) is 0 Å². The van der Waals surface area contributed by atoms with Gasteiger partial charge in [-0.05, 0) is 37.6 Å². The van der Waals surface area contributed by atoms with Gasteiger partial charge in [-0.2, -0.15) is 13.2 Å². The van der Waals surface area contributed by atoms with Crippen molar-refractivity contribution in [2.75, 3.05) is 19.8 Å². The van der Waals surface area contributed by atoms with Crippen LogP contribution in [0.5, 0.6) is 0 Å². The van der Waals surface area contributed by atoms with E-state index in [0.29, 0.717) is 24.3 Å². The minimum atomic E-state index is -4.21. The van der Waals surface area contributed by atoms with Crippen LogP contribution in [0.15, 0.2) is 0 Å². The molecule has 1 rings (SSSR count). The minimum Gasteiger partial charge on any atom is -0.372 e. The van der Waals surface area contributed by atoms with Crippen molar-refractivity contribution in [1.29, 1.82) is 0 Å². The predicted molar refractivity (Wildman–Crippen MR) is 70.1 cm³/mol. The lowest BCUT2D eigenvalue weighted by molar-refractivity contribution is -0.174. The number of rotatable bonds is 7. The zero-order valence-corrected chi connectivity index (χ0v) is 11.9. The molecule has 2 atom stereocenters. The highest BCUT2D eigenvalue weighted by Gasteiger charge is 2.28. The van der Waals surface area contributed by atoms with E-state index in [0.717, 1.165) is 6.54 Å². The van der Waals surface area contributed by atoms with Gasteiger partial charge in [0.2, 0.25) is 0 Å². The van der Waals surface area contributed by atoms with Gasteiger partial charge < -0.3 is 10.1 Å². The first-order valence-corrected chi connectivity index (χ1v) is 7.28. The molecule has 2 nitrogen and oxygen atoms in total. The summed E-state index contributed by atoms with van der Waals surface area (Å²) in [6, 6.07) is 0.524. The van der Waals surface area contributed by atoms with E-state index in [1.807, 2.05) is 0 Å². The lowest BCUT2D eigenvalue weighted by Crippen LogP contribution is -2.41. The zero-order valence-electron chi connectivity index (χ0n) is 11.9. The lowest BCUT2D eigenvalue weighted by atomic mass is 9.78. The molecule has 114 valence electrons. The van der Waals surface area contributed by atoms with Crippen molar-refractivity contribution in [2.24, 2.45) is 11.8 Å². The van der Waals surface area contributed by atoms with Crippen LogP contribution in [-0.4, -0.2) is 32.0 Å². The Morgan fingerprint density at radius 3 is 2.53 bits per heavy atom. The summed E-state index contributed by atoms with van der Waals surface area (Å²) in [6.45, 7) is 4.27. The van der Waals surface area contributed by atoms with Crippen LogP contribution < -0.4 is 5.32 Å². The van der Waals surface area contributed by atoms with Crippen molar-refractivity contribution < 1.29 is 17.9 Å². The number of hydrogen-bond acceptors (Lipinski definition) is 2. The highest BCUT2D eigenvalue weighted by atomic mass is 19.4. The number of ether oxygens (including phenoxy) is 1. The second-order valence-corrected chi connectivity index (χ2v) is 5.77. The van der Waals surface area contributed by atoms with Crippen LogP contribution in [0, 0.1) is 11.8 Å².